The Hall–Kier alpha value is -4.06. The van der Waals surface area contributed by atoms with Crippen LogP contribution in [0.2, 0.25) is 0 Å². The molecule has 40 heavy (non-hydrogen) atoms. The maximum absolute atomic E-state index is 4.32. The number of hydrogen-bond acceptors (Lipinski definition) is 3. The number of aryl methyl sites for hydroxylation is 3. The van der Waals surface area contributed by atoms with Gasteiger partial charge in [0.15, 0.2) is 0 Å². The van der Waals surface area contributed by atoms with Gasteiger partial charge in [0, 0.05) is 38.2 Å². The van der Waals surface area contributed by atoms with Crippen LogP contribution in [0.3, 0.4) is 0 Å². The molecule has 0 unspecified atom stereocenters. The maximum Gasteiger partial charge on any atom is 3.00 e. The molecule has 0 saturated heterocycles. The summed E-state index contributed by atoms with van der Waals surface area (Å²) >= 11 is 0. The summed E-state index contributed by atoms with van der Waals surface area (Å²) in [4.78, 5) is 13.0. The van der Waals surface area contributed by atoms with Gasteiger partial charge in [-0.2, -0.15) is 0 Å². The molecule has 0 bridgehead atoms. The number of rotatable bonds is 3. The number of hydrogen-bond donors (Lipinski definition) is 0. The van der Waals surface area contributed by atoms with Crippen molar-refractivity contribution in [1.29, 1.82) is 0 Å². The van der Waals surface area contributed by atoms with E-state index >= 15 is 0 Å². The monoisotopic (exact) mass is 706 g/mol. The third kappa shape index (κ3) is 7.32. The molecule has 0 fully saturated rings. The third-order valence-corrected chi connectivity index (χ3v) is 6.59. The first-order valence-electron chi connectivity index (χ1n) is 12.7. The van der Waals surface area contributed by atoms with Crippen molar-refractivity contribution in [2.24, 2.45) is 21.1 Å². The fraction of sp³-hybridized carbons (Fsp3) is 0.182. The minimum atomic E-state index is 0. The molecule has 0 N–H and O–H groups in total. The Morgan fingerprint density at radius 1 is 0.475 bits per heavy atom. The normalized spacial score (nSPS) is 10.1. The fourth-order valence-corrected chi connectivity index (χ4v) is 3.89. The molecular weight excluding hydrogens is 673 g/mol. The molecule has 3 heterocycles. The Bertz CT molecular complexity index is 1400. The van der Waals surface area contributed by atoms with Gasteiger partial charge in [-0.25, -0.2) is 0 Å². The van der Waals surface area contributed by atoms with Crippen LogP contribution in [0.4, 0.5) is 0 Å². The van der Waals surface area contributed by atoms with Crippen LogP contribution in [0.5, 0.6) is 0 Å². The van der Waals surface area contributed by atoms with Crippen molar-refractivity contribution in [2.45, 2.75) is 20.8 Å². The van der Waals surface area contributed by atoms with E-state index in [-0.39, 0.29) is 20.1 Å². The van der Waals surface area contributed by atoms with Gasteiger partial charge in [0.05, 0.1) is 19.0 Å². The van der Waals surface area contributed by atoms with Gasteiger partial charge in [0.25, 0.3) is 0 Å². The van der Waals surface area contributed by atoms with E-state index in [4.69, 9.17) is 0 Å². The van der Waals surface area contributed by atoms with Crippen molar-refractivity contribution >= 4 is 0 Å². The fourth-order valence-electron chi connectivity index (χ4n) is 3.89. The molecular formula is C33H33IrN6. The molecule has 0 atom stereocenters. The van der Waals surface area contributed by atoms with Crippen molar-refractivity contribution < 1.29 is 20.1 Å². The van der Waals surface area contributed by atoms with Crippen molar-refractivity contribution in [3.05, 3.63) is 127 Å². The Kier molecular flexibility index (Phi) is 10.9. The molecule has 0 aliphatic carbocycles. The Morgan fingerprint density at radius 2 is 0.750 bits per heavy atom. The predicted octanol–water partition coefficient (Wildman–Crippen LogP) is 6.58. The Balaban J connectivity index is 0.000000163. The van der Waals surface area contributed by atoms with Crippen molar-refractivity contribution in [3.63, 3.8) is 0 Å². The summed E-state index contributed by atoms with van der Waals surface area (Å²) in [5.41, 5.74) is 9.73. The zero-order valence-corrected chi connectivity index (χ0v) is 26.1. The molecule has 0 spiro atoms. The third-order valence-electron chi connectivity index (χ3n) is 6.59. The Labute approximate surface area is 250 Å². The summed E-state index contributed by atoms with van der Waals surface area (Å²) in [5.74, 6) is 0. The number of nitrogens with zero attached hydrogens (tertiary/aromatic N) is 6. The van der Waals surface area contributed by atoms with Crippen LogP contribution < -0.4 is 0 Å². The van der Waals surface area contributed by atoms with Gasteiger partial charge in [-0.15, -0.1) is 108 Å². The zero-order chi connectivity index (χ0) is 27.8. The van der Waals surface area contributed by atoms with Crippen LogP contribution in [0.15, 0.2) is 91.8 Å². The van der Waals surface area contributed by atoms with Gasteiger partial charge in [-0.1, -0.05) is 0 Å². The largest absolute Gasteiger partial charge is 3.00 e. The molecule has 6 rings (SSSR count). The van der Waals surface area contributed by atoms with Gasteiger partial charge in [0.2, 0.25) is 0 Å². The molecule has 0 aliphatic heterocycles. The smallest absolute Gasteiger partial charge is 0.347 e. The molecule has 7 heteroatoms. The predicted molar refractivity (Wildman–Crippen MR) is 157 cm³/mol. The van der Waals surface area contributed by atoms with Gasteiger partial charge < -0.3 is 13.7 Å². The first kappa shape index (κ1) is 30.5. The van der Waals surface area contributed by atoms with Crippen LogP contribution in [0.1, 0.15) is 17.1 Å². The van der Waals surface area contributed by atoms with Crippen LogP contribution in [-0.2, 0) is 41.2 Å². The SMILES string of the molecule is Cc1c(-c2[c-]cccc2)ncn1C.Cc1c(-c2[c-]cccc2)ncn1C.Cc1c(-c2[c-]cccc2)ncn1C.[Ir+3]. The molecule has 3 aromatic carbocycles. The van der Waals surface area contributed by atoms with Gasteiger partial charge in [-0.05, 0) is 37.9 Å². The van der Waals surface area contributed by atoms with Crippen molar-refractivity contribution in [3.8, 4) is 33.8 Å². The van der Waals surface area contributed by atoms with E-state index in [0.29, 0.717) is 0 Å². The first-order chi connectivity index (χ1) is 18.9. The summed E-state index contributed by atoms with van der Waals surface area (Å²) < 4.78 is 6.03. The van der Waals surface area contributed by atoms with E-state index in [1.165, 1.54) is 17.1 Å². The molecule has 6 nitrogen and oxygen atoms in total. The molecule has 0 radical (unpaired) electrons. The summed E-state index contributed by atoms with van der Waals surface area (Å²) in [6, 6.07) is 33.2. The van der Waals surface area contributed by atoms with E-state index in [1.807, 2.05) is 127 Å². The minimum Gasteiger partial charge on any atom is -0.347 e. The van der Waals surface area contributed by atoms with E-state index in [0.717, 1.165) is 33.8 Å². The second-order valence-electron chi connectivity index (χ2n) is 9.20. The summed E-state index contributed by atoms with van der Waals surface area (Å²) in [7, 11) is 5.98. The summed E-state index contributed by atoms with van der Waals surface area (Å²) in [6.45, 7) is 6.18. The van der Waals surface area contributed by atoms with E-state index < -0.39 is 0 Å². The van der Waals surface area contributed by atoms with Gasteiger partial charge in [0.1, 0.15) is 0 Å². The van der Waals surface area contributed by atoms with Crippen LogP contribution in [0.25, 0.3) is 33.8 Å². The van der Waals surface area contributed by atoms with E-state index in [2.05, 4.69) is 53.9 Å². The average molecular weight is 706 g/mol. The van der Waals surface area contributed by atoms with Gasteiger partial charge in [-0.3, -0.25) is 15.0 Å². The van der Waals surface area contributed by atoms with Crippen molar-refractivity contribution in [1.82, 2.24) is 28.7 Å². The molecule has 204 valence electrons. The summed E-state index contributed by atoms with van der Waals surface area (Å²) in [6.07, 6.45) is 5.47. The number of imidazole rings is 3. The molecule has 0 saturated carbocycles. The second-order valence-corrected chi connectivity index (χ2v) is 9.20. The number of benzene rings is 3. The van der Waals surface area contributed by atoms with E-state index in [1.54, 1.807) is 0 Å². The molecule has 0 aliphatic rings. The zero-order valence-electron chi connectivity index (χ0n) is 23.7. The topological polar surface area (TPSA) is 53.5 Å². The molecule has 6 aromatic rings. The summed E-state index contributed by atoms with van der Waals surface area (Å²) in [5, 5.41) is 0. The van der Waals surface area contributed by atoms with E-state index in [9.17, 15) is 0 Å². The minimum absolute atomic E-state index is 0. The molecule has 0 amide bonds. The number of aromatic nitrogens is 6. The quantitative estimate of drug-likeness (QED) is 0.196. The average Bonchev–Trinajstić information content (AvgIpc) is 3.62. The van der Waals surface area contributed by atoms with Crippen LogP contribution in [0, 0.1) is 39.0 Å². The van der Waals surface area contributed by atoms with Crippen LogP contribution in [-0.4, -0.2) is 28.7 Å². The maximum atomic E-state index is 4.32. The molecule has 3 aromatic heterocycles. The Morgan fingerprint density at radius 3 is 0.925 bits per heavy atom. The van der Waals surface area contributed by atoms with Crippen LogP contribution >= 0.6 is 0 Å². The first-order valence-corrected chi connectivity index (χ1v) is 12.7. The standard InChI is InChI=1S/3C11H11N2.Ir/c3*1-9-11(12-8-13(9)2)10-6-4-3-5-7-10;/h3*3-6,8H,1-2H3;/q3*-1;+3. The van der Waals surface area contributed by atoms with Crippen molar-refractivity contribution in [2.75, 3.05) is 0 Å². The van der Waals surface area contributed by atoms with Gasteiger partial charge >= 0.3 is 20.1 Å². The second kappa shape index (κ2) is 14.4.